The maximum atomic E-state index is 12.4. The van der Waals surface area contributed by atoms with Gasteiger partial charge in [0, 0.05) is 18.5 Å². The van der Waals surface area contributed by atoms with E-state index in [2.05, 4.69) is 22.1 Å². The molecule has 1 amide bonds. The van der Waals surface area contributed by atoms with Gasteiger partial charge in [0.25, 0.3) is 0 Å². The number of ether oxygens (including phenoxy) is 2. The van der Waals surface area contributed by atoms with Crippen molar-refractivity contribution < 1.29 is 14.3 Å². The van der Waals surface area contributed by atoms with Gasteiger partial charge in [0.15, 0.2) is 5.16 Å². The van der Waals surface area contributed by atoms with Gasteiger partial charge in [-0.3, -0.25) is 4.79 Å². The van der Waals surface area contributed by atoms with Gasteiger partial charge in [-0.1, -0.05) is 17.8 Å². The Balaban J connectivity index is 1.65. The van der Waals surface area contributed by atoms with Crippen LogP contribution in [0.25, 0.3) is 0 Å². The molecular weight excluding hydrogens is 352 g/mol. The molecule has 1 aliphatic carbocycles. The number of benzene rings is 1. The third kappa shape index (κ3) is 4.19. The van der Waals surface area contributed by atoms with Crippen molar-refractivity contribution in [3.63, 3.8) is 0 Å². The van der Waals surface area contributed by atoms with E-state index in [9.17, 15) is 4.79 Å². The van der Waals surface area contributed by atoms with Gasteiger partial charge in [-0.05, 0) is 25.0 Å². The Morgan fingerprint density at radius 1 is 1.38 bits per heavy atom. The van der Waals surface area contributed by atoms with Crippen molar-refractivity contribution in [3.8, 4) is 11.5 Å². The van der Waals surface area contributed by atoms with E-state index >= 15 is 0 Å². The quantitative estimate of drug-likeness (QED) is 0.537. The number of carbonyl (C=O) groups excluding carboxylic acids is 1. The number of nitrogens with zero attached hydrogens (tertiary/aromatic N) is 3. The Labute approximate surface area is 156 Å². The van der Waals surface area contributed by atoms with Crippen molar-refractivity contribution in [2.24, 2.45) is 0 Å². The number of hydrogen-bond acceptors (Lipinski definition) is 6. The molecule has 0 unspecified atom stereocenters. The number of thioether (sulfide) groups is 1. The van der Waals surface area contributed by atoms with Gasteiger partial charge in [0.2, 0.25) is 5.91 Å². The fourth-order valence-corrected chi connectivity index (χ4v) is 3.33. The Morgan fingerprint density at radius 2 is 2.19 bits per heavy atom. The van der Waals surface area contributed by atoms with Gasteiger partial charge < -0.3 is 19.4 Å². The summed E-state index contributed by atoms with van der Waals surface area (Å²) in [4.78, 5) is 12.4. The summed E-state index contributed by atoms with van der Waals surface area (Å²) in [6.45, 7) is 4.44. The van der Waals surface area contributed by atoms with Gasteiger partial charge in [-0.25, -0.2) is 0 Å². The normalized spacial score (nSPS) is 13.3. The molecule has 2 aromatic rings. The van der Waals surface area contributed by atoms with Crippen molar-refractivity contribution in [2.75, 3.05) is 25.3 Å². The molecule has 1 aromatic carbocycles. The summed E-state index contributed by atoms with van der Waals surface area (Å²) < 4.78 is 12.5. The average molecular weight is 374 g/mol. The van der Waals surface area contributed by atoms with Crippen molar-refractivity contribution in [2.45, 2.75) is 30.5 Å². The minimum absolute atomic E-state index is 0.150. The number of aromatic nitrogens is 3. The van der Waals surface area contributed by atoms with Gasteiger partial charge in [-0.15, -0.1) is 16.8 Å². The number of carbonyl (C=O) groups is 1. The first-order chi connectivity index (χ1) is 12.7. The van der Waals surface area contributed by atoms with Crippen LogP contribution in [0.2, 0.25) is 0 Å². The maximum absolute atomic E-state index is 12.4. The van der Waals surface area contributed by atoms with E-state index in [1.54, 1.807) is 32.4 Å². The number of rotatable bonds is 9. The molecule has 0 radical (unpaired) electrons. The van der Waals surface area contributed by atoms with E-state index in [-0.39, 0.29) is 11.7 Å². The lowest BCUT2D eigenvalue weighted by Gasteiger charge is -2.12. The second-order valence-corrected chi connectivity index (χ2v) is 6.86. The molecular formula is C18H22N4O3S. The molecule has 0 aliphatic heterocycles. The Morgan fingerprint density at radius 3 is 2.85 bits per heavy atom. The summed E-state index contributed by atoms with van der Waals surface area (Å²) in [6.07, 6.45) is 4.12. The summed E-state index contributed by atoms with van der Waals surface area (Å²) in [5, 5.41) is 12.1. The highest BCUT2D eigenvalue weighted by atomic mass is 32.2. The third-order valence-corrected chi connectivity index (χ3v) is 4.98. The first-order valence-electron chi connectivity index (χ1n) is 8.35. The molecule has 1 aliphatic rings. The monoisotopic (exact) mass is 374 g/mol. The molecule has 3 rings (SSSR count). The molecule has 138 valence electrons. The second-order valence-electron chi connectivity index (χ2n) is 5.92. The smallest absolute Gasteiger partial charge is 0.234 e. The minimum Gasteiger partial charge on any atom is -0.497 e. The maximum Gasteiger partial charge on any atom is 0.234 e. The van der Waals surface area contributed by atoms with Crippen LogP contribution in [0.1, 0.15) is 24.6 Å². The first-order valence-corrected chi connectivity index (χ1v) is 9.33. The fraction of sp³-hybridized carbons (Fsp3) is 0.389. The van der Waals surface area contributed by atoms with Crippen LogP contribution in [0.15, 0.2) is 36.0 Å². The third-order valence-electron chi connectivity index (χ3n) is 4.01. The molecule has 0 atom stereocenters. The van der Waals surface area contributed by atoms with Crippen LogP contribution in [0.3, 0.4) is 0 Å². The van der Waals surface area contributed by atoms with Gasteiger partial charge in [0.1, 0.15) is 17.3 Å². The lowest BCUT2D eigenvalue weighted by atomic mass is 10.2. The Bertz CT molecular complexity index is 802. The molecule has 1 fully saturated rings. The van der Waals surface area contributed by atoms with E-state index in [1.165, 1.54) is 11.8 Å². The molecule has 0 bridgehead atoms. The van der Waals surface area contributed by atoms with E-state index in [0.717, 1.165) is 23.8 Å². The number of methoxy groups -OCH3 is 2. The Hall–Kier alpha value is -2.48. The van der Waals surface area contributed by atoms with E-state index in [4.69, 9.17) is 9.47 Å². The van der Waals surface area contributed by atoms with E-state index in [1.807, 2.05) is 10.6 Å². The van der Waals surface area contributed by atoms with Crippen LogP contribution in [0.4, 0.5) is 5.69 Å². The van der Waals surface area contributed by atoms with Crippen LogP contribution in [-0.4, -0.2) is 40.6 Å². The lowest BCUT2D eigenvalue weighted by Crippen LogP contribution is -2.15. The Kier molecular flexibility index (Phi) is 5.82. The van der Waals surface area contributed by atoms with Crippen molar-refractivity contribution in [1.82, 2.24) is 14.8 Å². The molecule has 1 saturated carbocycles. The van der Waals surface area contributed by atoms with Crippen LogP contribution in [0, 0.1) is 0 Å². The number of hydrogen-bond donors (Lipinski definition) is 1. The van der Waals surface area contributed by atoms with Crippen molar-refractivity contribution >= 4 is 23.4 Å². The van der Waals surface area contributed by atoms with Gasteiger partial charge in [-0.2, -0.15) is 0 Å². The number of allylic oxidation sites excluding steroid dienone is 1. The van der Waals surface area contributed by atoms with Gasteiger partial charge in [0.05, 0.1) is 25.7 Å². The topological polar surface area (TPSA) is 78.3 Å². The molecule has 1 heterocycles. The zero-order valence-corrected chi connectivity index (χ0v) is 15.7. The highest BCUT2D eigenvalue weighted by Crippen LogP contribution is 2.40. The molecule has 1 aromatic heterocycles. The number of nitrogens with one attached hydrogen (secondary N) is 1. The van der Waals surface area contributed by atoms with Crippen LogP contribution >= 0.6 is 11.8 Å². The fourth-order valence-electron chi connectivity index (χ4n) is 2.58. The van der Waals surface area contributed by atoms with Gasteiger partial charge >= 0.3 is 0 Å². The van der Waals surface area contributed by atoms with Crippen LogP contribution < -0.4 is 14.8 Å². The molecule has 1 N–H and O–H groups in total. The molecule has 26 heavy (non-hydrogen) atoms. The van der Waals surface area contributed by atoms with Crippen molar-refractivity contribution in [1.29, 1.82) is 0 Å². The minimum atomic E-state index is -0.150. The standard InChI is InChI=1S/C18H22N4O3S/c1-4-9-22-17(12-5-6-12)20-21-18(22)26-11-16(23)19-14-10-13(24-2)7-8-15(14)25-3/h4,7-8,10,12H,1,5-6,9,11H2,2-3H3,(H,19,23). The summed E-state index contributed by atoms with van der Waals surface area (Å²) in [5.41, 5.74) is 0.573. The zero-order valence-electron chi connectivity index (χ0n) is 14.9. The predicted octanol–water partition coefficient (Wildman–Crippen LogP) is 3.09. The number of anilines is 1. The van der Waals surface area contributed by atoms with E-state index < -0.39 is 0 Å². The highest BCUT2D eigenvalue weighted by Gasteiger charge is 2.30. The predicted molar refractivity (Wildman–Crippen MR) is 101 cm³/mol. The summed E-state index contributed by atoms with van der Waals surface area (Å²) >= 11 is 1.36. The molecule has 7 nitrogen and oxygen atoms in total. The first kappa shape index (κ1) is 18.3. The van der Waals surface area contributed by atoms with Crippen LogP contribution in [0.5, 0.6) is 11.5 Å². The van der Waals surface area contributed by atoms with Crippen LogP contribution in [-0.2, 0) is 11.3 Å². The van der Waals surface area contributed by atoms with E-state index in [0.29, 0.717) is 29.6 Å². The zero-order chi connectivity index (χ0) is 18.5. The lowest BCUT2D eigenvalue weighted by molar-refractivity contribution is -0.113. The average Bonchev–Trinajstić information content (AvgIpc) is 3.42. The summed E-state index contributed by atoms with van der Waals surface area (Å²) in [6, 6.07) is 5.26. The summed E-state index contributed by atoms with van der Waals surface area (Å²) in [5.74, 6) is 2.78. The van der Waals surface area contributed by atoms with Crippen molar-refractivity contribution in [3.05, 3.63) is 36.7 Å². The molecule has 0 spiro atoms. The second kappa shape index (κ2) is 8.27. The number of amides is 1. The SMILES string of the molecule is C=CCn1c(SCC(=O)Nc2cc(OC)ccc2OC)nnc1C1CC1. The largest absolute Gasteiger partial charge is 0.497 e. The summed E-state index contributed by atoms with van der Waals surface area (Å²) in [7, 11) is 3.14. The highest BCUT2D eigenvalue weighted by molar-refractivity contribution is 7.99. The molecule has 8 heteroatoms. The molecule has 0 saturated heterocycles.